The van der Waals surface area contributed by atoms with Crippen LogP contribution in [0.1, 0.15) is 19.3 Å². The molecule has 3 nitrogen and oxygen atoms in total. The second kappa shape index (κ2) is 6.17. The molecule has 0 aromatic carbocycles. The third-order valence-corrected chi connectivity index (χ3v) is 2.72. The van der Waals surface area contributed by atoms with Gasteiger partial charge < -0.3 is 15.4 Å². The SMILES string of the molecule is C=CCCCC(N)C1CN(C)CCO1. The highest BCUT2D eigenvalue weighted by molar-refractivity contribution is 4.80. The van der Waals surface area contributed by atoms with Gasteiger partial charge in [-0.2, -0.15) is 0 Å². The van der Waals surface area contributed by atoms with E-state index in [9.17, 15) is 0 Å². The van der Waals surface area contributed by atoms with E-state index in [1.165, 1.54) is 0 Å². The first-order valence-electron chi connectivity index (χ1n) is 5.40. The predicted molar refractivity (Wildman–Crippen MR) is 59.3 cm³/mol. The molecule has 0 aliphatic carbocycles. The molecule has 0 aromatic rings. The van der Waals surface area contributed by atoms with Gasteiger partial charge in [-0.1, -0.05) is 6.08 Å². The fourth-order valence-corrected chi connectivity index (χ4v) is 1.75. The molecule has 0 radical (unpaired) electrons. The zero-order valence-corrected chi connectivity index (χ0v) is 9.11. The maximum absolute atomic E-state index is 6.07. The zero-order chi connectivity index (χ0) is 10.4. The lowest BCUT2D eigenvalue weighted by molar-refractivity contribution is -0.0334. The van der Waals surface area contributed by atoms with E-state index in [1.807, 2.05) is 6.08 Å². The van der Waals surface area contributed by atoms with E-state index in [-0.39, 0.29) is 12.1 Å². The van der Waals surface area contributed by atoms with Crippen molar-refractivity contribution in [2.45, 2.75) is 31.4 Å². The Morgan fingerprint density at radius 2 is 2.50 bits per heavy atom. The minimum atomic E-state index is 0.178. The molecule has 14 heavy (non-hydrogen) atoms. The van der Waals surface area contributed by atoms with Crippen molar-refractivity contribution in [1.29, 1.82) is 0 Å². The number of allylic oxidation sites excluding steroid dienone is 1. The molecular weight excluding hydrogens is 176 g/mol. The first-order chi connectivity index (χ1) is 6.74. The van der Waals surface area contributed by atoms with Gasteiger partial charge in [0.1, 0.15) is 0 Å². The van der Waals surface area contributed by atoms with E-state index in [1.54, 1.807) is 0 Å². The van der Waals surface area contributed by atoms with Crippen molar-refractivity contribution in [1.82, 2.24) is 4.90 Å². The summed E-state index contributed by atoms with van der Waals surface area (Å²) in [5.41, 5.74) is 6.07. The normalized spacial score (nSPS) is 26.0. The Morgan fingerprint density at radius 3 is 3.14 bits per heavy atom. The van der Waals surface area contributed by atoms with Crippen LogP contribution in [-0.4, -0.2) is 43.8 Å². The molecule has 1 aliphatic rings. The van der Waals surface area contributed by atoms with Gasteiger partial charge >= 0.3 is 0 Å². The number of hydrogen-bond donors (Lipinski definition) is 1. The van der Waals surface area contributed by atoms with Crippen molar-refractivity contribution in [2.75, 3.05) is 26.7 Å². The highest BCUT2D eigenvalue weighted by atomic mass is 16.5. The summed E-state index contributed by atoms with van der Waals surface area (Å²) in [6.07, 6.45) is 5.37. The number of likely N-dealkylation sites (N-methyl/N-ethyl adjacent to an activating group) is 1. The molecule has 1 aliphatic heterocycles. The van der Waals surface area contributed by atoms with Crippen molar-refractivity contribution in [3.05, 3.63) is 12.7 Å². The zero-order valence-electron chi connectivity index (χ0n) is 9.11. The van der Waals surface area contributed by atoms with Gasteiger partial charge in [0, 0.05) is 19.1 Å². The van der Waals surface area contributed by atoms with Crippen LogP contribution in [0.2, 0.25) is 0 Å². The lowest BCUT2D eigenvalue weighted by Gasteiger charge is -2.33. The number of ether oxygens (including phenoxy) is 1. The Labute approximate surface area is 86.9 Å². The monoisotopic (exact) mass is 198 g/mol. The van der Waals surface area contributed by atoms with Crippen molar-refractivity contribution < 1.29 is 4.74 Å². The summed E-state index contributed by atoms with van der Waals surface area (Å²) < 4.78 is 5.65. The van der Waals surface area contributed by atoms with E-state index in [0.29, 0.717) is 0 Å². The van der Waals surface area contributed by atoms with E-state index in [4.69, 9.17) is 10.5 Å². The predicted octanol–water partition coefficient (Wildman–Crippen LogP) is 1.00. The summed E-state index contributed by atoms with van der Waals surface area (Å²) in [5.74, 6) is 0. The summed E-state index contributed by atoms with van der Waals surface area (Å²) in [6.45, 7) is 6.51. The maximum Gasteiger partial charge on any atom is 0.0853 e. The number of morpholine rings is 1. The van der Waals surface area contributed by atoms with E-state index >= 15 is 0 Å². The van der Waals surface area contributed by atoms with Crippen molar-refractivity contribution in [2.24, 2.45) is 5.73 Å². The fourth-order valence-electron chi connectivity index (χ4n) is 1.75. The lowest BCUT2D eigenvalue weighted by atomic mass is 10.0. The topological polar surface area (TPSA) is 38.5 Å². The molecule has 2 N–H and O–H groups in total. The molecule has 3 heteroatoms. The molecule has 1 rings (SSSR count). The largest absolute Gasteiger partial charge is 0.374 e. The highest BCUT2D eigenvalue weighted by Crippen LogP contribution is 2.11. The first kappa shape index (κ1) is 11.7. The molecule has 0 bridgehead atoms. The smallest absolute Gasteiger partial charge is 0.0853 e. The van der Waals surface area contributed by atoms with Gasteiger partial charge in [-0.25, -0.2) is 0 Å². The Kier molecular flexibility index (Phi) is 5.15. The quantitative estimate of drug-likeness (QED) is 0.529. The minimum Gasteiger partial charge on any atom is -0.374 e. The van der Waals surface area contributed by atoms with Crippen LogP contribution in [0.5, 0.6) is 0 Å². The second-order valence-electron chi connectivity index (χ2n) is 4.05. The number of hydrogen-bond acceptors (Lipinski definition) is 3. The van der Waals surface area contributed by atoms with Gasteiger partial charge in [0.15, 0.2) is 0 Å². The molecule has 82 valence electrons. The molecule has 2 unspecified atom stereocenters. The number of nitrogens with two attached hydrogens (primary N) is 1. The van der Waals surface area contributed by atoms with E-state index < -0.39 is 0 Å². The Balaban J connectivity index is 2.21. The van der Waals surface area contributed by atoms with Crippen LogP contribution in [-0.2, 0) is 4.74 Å². The van der Waals surface area contributed by atoms with Gasteiger partial charge in [-0.15, -0.1) is 6.58 Å². The Hall–Kier alpha value is -0.380. The first-order valence-corrected chi connectivity index (χ1v) is 5.40. The molecule has 1 heterocycles. The van der Waals surface area contributed by atoms with E-state index in [0.717, 1.165) is 39.0 Å². The molecule has 0 saturated carbocycles. The average molecular weight is 198 g/mol. The van der Waals surface area contributed by atoms with Gasteiger partial charge in [0.05, 0.1) is 12.7 Å². The molecular formula is C11H22N2O. The lowest BCUT2D eigenvalue weighted by Crippen LogP contribution is -2.49. The van der Waals surface area contributed by atoms with Gasteiger partial charge in [0.25, 0.3) is 0 Å². The van der Waals surface area contributed by atoms with Crippen LogP contribution in [0.25, 0.3) is 0 Å². The molecule has 0 spiro atoms. The molecule has 1 fully saturated rings. The highest BCUT2D eigenvalue weighted by Gasteiger charge is 2.23. The summed E-state index contributed by atoms with van der Waals surface area (Å²) in [4.78, 5) is 2.28. The fraction of sp³-hybridized carbons (Fsp3) is 0.818. The minimum absolute atomic E-state index is 0.178. The maximum atomic E-state index is 6.07. The van der Waals surface area contributed by atoms with Crippen molar-refractivity contribution in [3.8, 4) is 0 Å². The van der Waals surface area contributed by atoms with E-state index in [2.05, 4.69) is 18.5 Å². The second-order valence-corrected chi connectivity index (χ2v) is 4.05. The number of unbranched alkanes of at least 4 members (excludes halogenated alkanes) is 1. The summed E-state index contributed by atoms with van der Waals surface area (Å²) >= 11 is 0. The molecule has 0 amide bonds. The Bertz CT molecular complexity index is 173. The van der Waals surface area contributed by atoms with Crippen LogP contribution in [0, 0.1) is 0 Å². The molecule has 0 aromatic heterocycles. The average Bonchev–Trinajstić information content (AvgIpc) is 2.18. The standard InChI is InChI=1S/C11H22N2O/c1-3-4-5-6-10(12)11-9-13(2)7-8-14-11/h3,10-11H,1,4-9,12H2,2H3. The van der Waals surface area contributed by atoms with Crippen LogP contribution in [0.4, 0.5) is 0 Å². The number of rotatable bonds is 5. The summed E-state index contributed by atoms with van der Waals surface area (Å²) in [6, 6.07) is 0.178. The van der Waals surface area contributed by atoms with Crippen LogP contribution < -0.4 is 5.73 Å². The summed E-state index contributed by atoms with van der Waals surface area (Å²) in [5, 5.41) is 0. The molecule has 1 saturated heterocycles. The van der Waals surface area contributed by atoms with Crippen molar-refractivity contribution >= 4 is 0 Å². The third-order valence-electron chi connectivity index (χ3n) is 2.72. The van der Waals surface area contributed by atoms with Crippen LogP contribution in [0.15, 0.2) is 12.7 Å². The van der Waals surface area contributed by atoms with Crippen LogP contribution >= 0.6 is 0 Å². The Morgan fingerprint density at radius 1 is 1.71 bits per heavy atom. The third kappa shape index (κ3) is 3.78. The van der Waals surface area contributed by atoms with Gasteiger partial charge in [-0.3, -0.25) is 0 Å². The van der Waals surface area contributed by atoms with Gasteiger partial charge in [-0.05, 0) is 26.3 Å². The molecule has 2 atom stereocenters. The van der Waals surface area contributed by atoms with Crippen LogP contribution in [0.3, 0.4) is 0 Å². The number of nitrogens with zero attached hydrogens (tertiary/aromatic N) is 1. The summed E-state index contributed by atoms with van der Waals surface area (Å²) in [7, 11) is 2.12. The van der Waals surface area contributed by atoms with Crippen molar-refractivity contribution in [3.63, 3.8) is 0 Å². The van der Waals surface area contributed by atoms with Gasteiger partial charge in [0.2, 0.25) is 0 Å².